The highest BCUT2D eigenvalue weighted by Gasteiger charge is 2.35. The molecule has 0 saturated carbocycles. The average Bonchev–Trinajstić information content (AvgIpc) is 2.86. The summed E-state index contributed by atoms with van der Waals surface area (Å²) >= 11 is 0. The average molecular weight is 290 g/mol. The molecule has 5 nitrogen and oxygen atoms in total. The van der Waals surface area contributed by atoms with Gasteiger partial charge < -0.3 is 15.0 Å². The summed E-state index contributed by atoms with van der Waals surface area (Å²) in [4.78, 5) is 25.9. The zero-order valence-electron chi connectivity index (χ0n) is 12.6. The molecule has 1 fully saturated rings. The number of para-hydroxylation sites is 1. The van der Waals surface area contributed by atoms with Gasteiger partial charge in [-0.1, -0.05) is 18.2 Å². The van der Waals surface area contributed by atoms with Crippen LogP contribution < -0.4 is 10.2 Å². The molecule has 1 saturated heterocycles. The van der Waals surface area contributed by atoms with E-state index in [9.17, 15) is 9.59 Å². The molecule has 1 aliphatic rings. The summed E-state index contributed by atoms with van der Waals surface area (Å²) in [5.41, 5.74) is 1.95. The van der Waals surface area contributed by atoms with Crippen molar-refractivity contribution in [2.75, 3.05) is 31.7 Å². The molecule has 0 bridgehead atoms. The first-order valence-corrected chi connectivity index (χ1v) is 7.26. The third-order valence-electron chi connectivity index (χ3n) is 3.73. The highest BCUT2D eigenvalue weighted by molar-refractivity contribution is 6.00. The lowest BCUT2D eigenvalue weighted by atomic mass is 10.1. The lowest BCUT2D eigenvalue weighted by Gasteiger charge is -2.18. The molecule has 21 heavy (non-hydrogen) atoms. The second-order valence-electron chi connectivity index (χ2n) is 5.33. The maximum absolute atomic E-state index is 12.1. The number of aryl methyl sites for hydroxylation is 1. The van der Waals surface area contributed by atoms with Crippen LogP contribution in [0.1, 0.15) is 18.4 Å². The Morgan fingerprint density at radius 3 is 2.90 bits per heavy atom. The molecule has 0 radical (unpaired) electrons. The summed E-state index contributed by atoms with van der Waals surface area (Å²) in [6.45, 7) is 3.64. The molecule has 0 unspecified atom stereocenters. The molecular formula is C16H22N2O3. The van der Waals surface area contributed by atoms with Gasteiger partial charge in [0.15, 0.2) is 0 Å². The first-order chi connectivity index (χ1) is 10.1. The fraction of sp³-hybridized carbons (Fsp3) is 0.500. The van der Waals surface area contributed by atoms with E-state index in [4.69, 9.17) is 4.74 Å². The predicted octanol–water partition coefficient (Wildman–Crippen LogP) is 1.50. The zero-order chi connectivity index (χ0) is 15.2. The van der Waals surface area contributed by atoms with Gasteiger partial charge in [-0.3, -0.25) is 9.59 Å². The summed E-state index contributed by atoms with van der Waals surface area (Å²) in [6, 6.07) is 7.75. The van der Waals surface area contributed by atoms with Crippen LogP contribution >= 0.6 is 0 Å². The van der Waals surface area contributed by atoms with Crippen molar-refractivity contribution >= 4 is 17.5 Å². The standard InChI is InChI=1S/C16H22N2O3/c1-12-6-3-4-7-14(12)18-11-13(10-15(18)19)16(20)17-8-5-9-21-2/h3-4,6-7,13H,5,8-11H2,1-2H3,(H,17,20)/t13-/m0/s1. The number of carbonyl (C=O) groups is 2. The van der Waals surface area contributed by atoms with Gasteiger partial charge in [0.1, 0.15) is 0 Å². The van der Waals surface area contributed by atoms with Crippen molar-refractivity contribution in [3.8, 4) is 0 Å². The fourth-order valence-electron chi connectivity index (χ4n) is 2.55. The van der Waals surface area contributed by atoms with E-state index in [0.717, 1.165) is 17.7 Å². The maximum atomic E-state index is 12.1. The minimum Gasteiger partial charge on any atom is -0.385 e. The quantitative estimate of drug-likeness (QED) is 0.808. The van der Waals surface area contributed by atoms with E-state index in [1.165, 1.54) is 0 Å². The second kappa shape index (κ2) is 7.22. The number of nitrogens with zero attached hydrogens (tertiary/aromatic N) is 1. The number of carbonyl (C=O) groups excluding carboxylic acids is 2. The van der Waals surface area contributed by atoms with Crippen LogP contribution in [0.4, 0.5) is 5.69 Å². The van der Waals surface area contributed by atoms with Crippen LogP contribution in [0.2, 0.25) is 0 Å². The number of methoxy groups -OCH3 is 1. The summed E-state index contributed by atoms with van der Waals surface area (Å²) in [7, 11) is 1.64. The summed E-state index contributed by atoms with van der Waals surface area (Å²) < 4.78 is 4.94. The third-order valence-corrected chi connectivity index (χ3v) is 3.73. The van der Waals surface area contributed by atoms with Gasteiger partial charge in [-0.05, 0) is 25.0 Å². The lowest BCUT2D eigenvalue weighted by Crippen LogP contribution is -2.34. The number of hydrogen-bond donors (Lipinski definition) is 1. The second-order valence-corrected chi connectivity index (χ2v) is 5.33. The van der Waals surface area contributed by atoms with Gasteiger partial charge in [0, 0.05) is 38.9 Å². The van der Waals surface area contributed by atoms with Crippen LogP contribution in [0, 0.1) is 12.8 Å². The van der Waals surface area contributed by atoms with Gasteiger partial charge in [0.05, 0.1) is 5.92 Å². The van der Waals surface area contributed by atoms with E-state index in [1.54, 1.807) is 12.0 Å². The van der Waals surface area contributed by atoms with Crippen molar-refractivity contribution in [1.29, 1.82) is 0 Å². The molecule has 1 atom stereocenters. The molecule has 5 heteroatoms. The van der Waals surface area contributed by atoms with Crippen molar-refractivity contribution in [3.63, 3.8) is 0 Å². The molecule has 0 spiro atoms. The molecule has 2 rings (SSSR count). The van der Waals surface area contributed by atoms with Crippen LogP contribution in [0.3, 0.4) is 0 Å². The molecule has 1 aromatic rings. The van der Waals surface area contributed by atoms with Crippen molar-refractivity contribution < 1.29 is 14.3 Å². The van der Waals surface area contributed by atoms with E-state index in [0.29, 0.717) is 19.7 Å². The summed E-state index contributed by atoms with van der Waals surface area (Å²) in [5.74, 6) is -0.295. The molecule has 0 aliphatic carbocycles. The van der Waals surface area contributed by atoms with Gasteiger partial charge in [0.25, 0.3) is 0 Å². The Labute approximate surface area is 125 Å². The number of amides is 2. The van der Waals surface area contributed by atoms with E-state index < -0.39 is 0 Å². The van der Waals surface area contributed by atoms with Crippen molar-refractivity contribution in [3.05, 3.63) is 29.8 Å². The molecule has 1 aromatic carbocycles. The molecule has 1 heterocycles. The first-order valence-electron chi connectivity index (χ1n) is 7.26. The van der Waals surface area contributed by atoms with Crippen LogP contribution in [0.5, 0.6) is 0 Å². The van der Waals surface area contributed by atoms with E-state index in [2.05, 4.69) is 5.32 Å². The fourth-order valence-corrected chi connectivity index (χ4v) is 2.55. The Morgan fingerprint density at radius 2 is 2.19 bits per heavy atom. The smallest absolute Gasteiger partial charge is 0.227 e. The number of nitrogens with one attached hydrogen (secondary N) is 1. The number of benzene rings is 1. The van der Waals surface area contributed by atoms with E-state index in [-0.39, 0.29) is 24.2 Å². The van der Waals surface area contributed by atoms with E-state index in [1.807, 2.05) is 31.2 Å². The number of hydrogen-bond acceptors (Lipinski definition) is 3. The first kappa shape index (κ1) is 15.5. The molecular weight excluding hydrogens is 268 g/mol. The van der Waals surface area contributed by atoms with Gasteiger partial charge in [-0.2, -0.15) is 0 Å². The highest BCUT2D eigenvalue weighted by atomic mass is 16.5. The number of ether oxygens (including phenoxy) is 1. The lowest BCUT2D eigenvalue weighted by molar-refractivity contribution is -0.126. The van der Waals surface area contributed by atoms with Gasteiger partial charge in [-0.25, -0.2) is 0 Å². The van der Waals surface area contributed by atoms with Crippen molar-refractivity contribution in [2.24, 2.45) is 5.92 Å². The Kier molecular flexibility index (Phi) is 5.33. The van der Waals surface area contributed by atoms with Gasteiger partial charge >= 0.3 is 0 Å². The molecule has 2 amide bonds. The number of anilines is 1. The van der Waals surface area contributed by atoms with Crippen molar-refractivity contribution in [2.45, 2.75) is 19.8 Å². The Morgan fingerprint density at radius 1 is 1.43 bits per heavy atom. The van der Waals surface area contributed by atoms with Crippen molar-refractivity contribution in [1.82, 2.24) is 5.32 Å². The summed E-state index contributed by atoms with van der Waals surface area (Å²) in [6.07, 6.45) is 1.06. The Balaban J connectivity index is 1.93. The highest BCUT2D eigenvalue weighted by Crippen LogP contribution is 2.27. The SMILES string of the molecule is COCCCNC(=O)[C@H]1CC(=O)N(c2ccccc2C)C1. The minimum atomic E-state index is -0.264. The van der Waals surface area contributed by atoms with Gasteiger partial charge in [-0.15, -0.1) is 0 Å². The van der Waals surface area contributed by atoms with Crippen LogP contribution in [0.15, 0.2) is 24.3 Å². The Hall–Kier alpha value is -1.88. The number of rotatable bonds is 6. The van der Waals surface area contributed by atoms with Gasteiger partial charge in [0.2, 0.25) is 11.8 Å². The van der Waals surface area contributed by atoms with E-state index >= 15 is 0 Å². The van der Waals surface area contributed by atoms with Crippen LogP contribution in [-0.2, 0) is 14.3 Å². The molecule has 1 N–H and O–H groups in total. The monoisotopic (exact) mass is 290 g/mol. The topological polar surface area (TPSA) is 58.6 Å². The van der Waals surface area contributed by atoms with Crippen LogP contribution in [0.25, 0.3) is 0 Å². The maximum Gasteiger partial charge on any atom is 0.227 e. The summed E-state index contributed by atoms with van der Waals surface area (Å²) in [5, 5.41) is 2.87. The zero-order valence-corrected chi connectivity index (χ0v) is 12.6. The molecule has 1 aliphatic heterocycles. The predicted molar refractivity (Wildman–Crippen MR) is 81.1 cm³/mol. The third kappa shape index (κ3) is 3.82. The largest absolute Gasteiger partial charge is 0.385 e. The minimum absolute atomic E-state index is 0.0151. The van der Waals surface area contributed by atoms with Crippen LogP contribution in [-0.4, -0.2) is 38.6 Å². The Bertz CT molecular complexity index is 516. The molecule has 114 valence electrons. The molecule has 0 aromatic heterocycles. The normalized spacial score (nSPS) is 18.1.